The van der Waals surface area contributed by atoms with Crippen LogP contribution in [0.15, 0.2) is 0 Å². The van der Waals surface area contributed by atoms with E-state index in [4.69, 9.17) is 10.2 Å². The summed E-state index contributed by atoms with van der Waals surface area (Å²) in [7, 11) is 0. The summed E-state index contributed by atoms with van der Waals surface area (Å²) in [6.07, 6.45) is 5.39. The largest absolute Gasteiger partial charge is 0.245 e. The van der Waals surface area contributed by atoms with E-state index < -0.39 is 0 Å². The van der Waals surface area contributed by atoms with Crippen LogP contribution < -0.4 is 0 Å². The summed E-state index contributed by atoms with van der Waals surface area (Å²) in [6, 6.07) is 2.27. The second-order valence-electron chi connectivity index (χ2n) is 4.48. The maximum absolute atomic E-state index is 8.84. The average Bonchev–Trinajstić information content (AvgIpc) is 3.05. The second kappa shape index (κ2) is 4.97. The van der Waals surface area contributed by atoms with Crippen LogP contribution >= 0.6 is 11.3 Å². The van der Waals surface area contributed by atoms with Gasteiger partial charge in [0, 0.05) is 16.7 Å². The Balaban J connectivity index is 2.26. The smallest absolute Gasteiger partial charge is 0.0962 e. The molecule has 1 aliphatic carbocycles. The Kier molecular flexibility index (Phi) is 3.60. The molecule has 2 nitrogen and oxygen atoms in total. The highest BCUT2D eigenvalue weighted by atomic mass is 32.1. The minimum atomic E-state index is 0.545. The Morgan fingerprint density at radius 2 is 2.12 bits per heavy atom. The van der Waals surface area contributed by atoms with Gasteiger partial charge in [-0.25, -0.2) is 4.98 Å². The van der Waals surface area contributed by atoms with Gasteiger partial charge in [0.25, 0.3) is 0 Å². The third kappa shape index (κ3) is 2.27. The van der Waals surface area contributed by atoms with Crippen molar-refractivity contribution in [2.24, 2.45) is 0 Å². The number of rotatable bonds is 5. The first kappa shape index (κ1) is 11.6. The van der Waals surface area contributed by atoms with E-state index in [-0.39, 0.29) is 0 Å². The van der Waals surface area contributed by atoms with Crippen molar-refractivity contribution >= 4 is 11.3 Å². The van der Waals surface area contributed by atoms with Crippen molar-refractivity contribution < 1.29 is 0 Å². The van der Waals surface area contributed by atoms with Gasteiger partial charge >= 0.3 is 0 Å². The Morgan fingerprint density at radius 3 is 2.62 bits per heavy atom. The van der Waals surface area contributed by atoms with Gasteiger partial charge in [0.2, 0.25) is 0 Å². The summed E-state index contributed by atoms with van der Waals surface area (Å²) in [4.78, 5) is 6.03. The van der Waals surface area contributed by atoms with Crippen LogP contribution in [-0.2, 0) is 6.42 Å². The number of thiazole rings is 1. The van der Waals surface area contributed by atoms with Crippen LogP contribution in [0, 0.1) is 11.3 Å². The molecule has 0 N–H and O–H groups in total. The summed E-state index contributed by atoms with van der Waals surface area (Å²) < 4.78 is 0. The lowest BCUT2D eigenvalue weighted by molar-refractivity contribution is 0.635. The molecule has 16 heavy (non-hydrogen) atoms. The predicted octanol–water partition coefficient (Wildman–Crippen LogP) is 3.99. The molecule has 1 fully saturated rings. The molecule has 0 unspecified atom stereocenters. The topological polar surface area (TPSA) is 36.7 Å². The van der Waals surface area contributed by atoms with E-state index in [1.54, 1.807) is 11.3 Å². The van der Waals surface area contributed by atoms with Gasteiger partial charge in [0.15, 0.2) is 0 Å². The summed E-state index contributed by atoms with van der Waals surface area (Å²) in [6.45, 7) is 4.44. The van der Waals surface area contributed by atoms with E-state index in [0.29, 0.717) is 18.3 Å². The molecule has 1 heterocycles. The molecular formula is C13H18N2S. The minimum Gasteiger partial charge on any atom is -0.245 e. The van der Waals surface area contributed by atoms with E-state index in [1.165, 1.54) is 28.4 Å². The normalized spacial score (nSPS) is 15.4. The van der Waals surface area contributed by atoms with E-state index in [2.05, 4.69) is 19.9 Å². The van der Waals surface area contributed by atoms with Crippen molar-refractivity contribution in [2.45, 2.75) is 57.8 Å². The molecule has 0 aliphatic heterocycles. The average molecular weight is 234 g/mol. The van der Waals surface area contributed by atoms with Gasteiger partial charge in [0.1, 0.15) is 0 Å². The quantitative estimate of drug-likeness (QED) is 0.772. The first-order valence-corrected chi connectivity index (χ1v) is 6.98. The molecule has 0 saturated heterocycles. The van der Waals surface area contributed by atoms with Crippen LogP contribution in [0.25, 0.3) is 0 Å². The molecule has 1 aromatic heterocycles. The summed E-state index contributed by atoms with van der Waals surface area (Å²) >= 11 is 1.78. The lowest BCUT2D eigenvalue weighted by Crippen LogP contribution is -1.94. The number of hydrogen-bond acceptors (Lipinski definition) is 3. The van der Waals surface area contributed by atoms with Crippen LogP contribution in [0.1, 0.15) is 66.9 Å². The molecule has 0 aromatic carbocycles. The third-order valence-electron chi connectivity index (χ3n) is 3.28. The van der Waals surface area contributed by atoms with Gasteiger partial charge in [0.05, 0.1) is 23.2 Å². The highest BCUT2D eigenvalue weighted by Crippen LogP contribution is 2.44. The Labute approximate surface area is 101 Å². The fourth-order valence-electron chi connectivity index (χ4n) is 2.07. The van der Waals surface area contributed by atoms with Gasteiger partial charge in [-0.1, -0.05) is 13.8 Å². The summed E-state index contributed by atoms with van der Waals surface area (Å²) in [5.74, 6) is 1.26. The van der Waals surface area contributed by atoms with Gasteiger partial charge < -0.3 is 0 Å². The van der Waals surface area contributed by atoms with Gasteiger partial charge in [-0.3, -0.25) is 0 Å². The number of hydrogen-bond donors (Lipinski definition) is 0. The van der Waals surface area contributed by atoms with Crippen molar-refractivity contribution in [1.82, 2.24) is 4.98 Å². The number of aromatic nitrogens is 1. The van der Waals surface area contributed by atoms with Crippen molar-refractivity contribution in [3.8, 4) is 6.07 Å². The molecular weight excluding hydrogens is 216 g/mol. The van der Waals surface area contributed by atoms with Crippen molar-refractivity contribution in [2.75, 3.05) is 0 Å². The van der Waals surface area contributed by atoms with Crippen LogP contribution in [0.3, 0.4) is 0 Å². The number of nitriles is 1. The zero-order valence-electron chi connectivity index (χ0n) is 9.99. The SMILES string of the molecule is CCC(CC)c1nc(C2CC2)c(CC#N)s1. The Morgan fingerprint density at radius 1 is 1.44 bits per heavy atom. The van der Waals surface area contributed by atoms with Crippen molar-refractivity contribution in [3.63, 3.8) is 0 Å². The molecule has 0 atom stereocenters. The molecule has 1 saturated carbocycles. The molecule has 1 aromatic rings. The van der Waals surface area contributed by atoms with E-state index in [0.717, 1.165) is 12.8 Å². The first-order chi connectivity index (χ1) is 7.80. The monoisotopic (exact) mass is 234 g/mol. The predicted molar refractivity (Wildman–Crippen MR) is 66.7 cm³/mol. The fourth-order valence-corrected chi connectivity index (χ4v) is 3.42. The molecule has 86 valence electrons. The minimum absolute atomic E-state index is 0.545. The lowest BCUT2D eigenvalue weighted by Gasteiger charge is -2.06. The van der Waals surface area contributed by atoms with E-state index in [1.807, 2.05) is 0 Å². The Bertz CT molecular complexity index is 395. The molecule has 1 aliphatic rings. The van der Waals surface area contributed by atoms with Gasteiger partial charge in [-0.05, 0) is 25.7 Å². The van der Waals surface area contributed by atoms with E-state index in [9.17, 15) is 0 Å². The number of nitrogens with zero attached hydrogens (tertiary/aromatic N) is 2. The standard InChI is InChI=1S/C13H18N2S/c1-3-9(4-2)13-15-12(10-5-6-10)11(16-13)7-8-14/h9-10H,3-7H2,1-2H3. The maximum atomic E-state index is 8.84. The summed E-state index contributed by atoms with van der Waals surface area (Å²) in [5.41, 5.74) is 1.24. The highest BCUT2D eigenvalue weighted by molar-refractivity contribution is 7.11. The molecule has 0 spiro atoms. The van der Waals surface area contributed by atoms with Crippen LogP contribution in [-0.4, -0.2) is 4.98 Å². The van der Waals surface area contributed by atoms with Gasteiger partial charge in [-0.2, -0.15) is 5.26 Å². The summed E-state index contributed by atoms with van der Waals surface area (Å²) in [5, 5.41) is 10.1. The zero-order chi connectivity index (χ0) is 11.5. The molecule has 3 heteroatoms. The highest BCUT2D eigenvalue weighted by Gasteiger charge is 2.30. The van der Waals surface area contributed by atoms with Gasteiger partial charge in [-0.15, -0.1) is 11.3 Å². The third-order valence-corrected chi connectivity index (χ3v) is 4.52. The molecule has 0 amide bonds. The van der Waals surface area contributed by atoms with Crippen LogP contribution in [0.5, 0.6) is 0 Å². The van der Waals surface area contributed by atoms with Crippen LogP contribution in [0.2, 0.25) is 0 Å². The second-order valence-corrected chi connectivity index (χ2v) is 5.60. The van der Waals surface area contributed by atoms with E-state index >= 15 is 0 Å². The zero-order valence-corrected chi connectivity index (χ0v) is 10.8. The fraction of sp³-hybridized carbons (Fsp3) is 0.692. The lowest BCUT2D eigenvalue weighted by atomic mass is 10.1. The van der Waals surface area contributed by atoms with Crippen LogP contribution in [0.4, 0.5) is 0 Å². The first-order valence-electron chi connectivity index (χ1n) is 6.16. The molecule has 0 radical (unpaired) electrons. The molecule has 2 rings (SSSR count). The molecule has 0 bridgehead atoms. The Hall–Kier alpha value is -0.880. The maximum Gasteiger partial charge on any atom is 0.0962 e. The van der Waals surface area contributed by atoms with Crippen molar-refractivity contribution in [3.05, 3.63) is 15.6 Å². The van der Waals surface area contributed by atoms with Crippen molar-refractivity contribution in [1.29, 1.82) is 5.26 Å².